The van der Waals surface area contributed by atoms with Crippen LogP contribution < -0.4 is 34.3 Å². The molecule has 0 heterocycles. The van der Waals surface area contributed by atoms with Crippen LogP contribution >= 0.6 is 0 Å². The summed E-state index contributed by atoms with van der Waals surface area (Å²) in [6.45, 7) is 1.83. The van der Waals surface area contributed by atoms with Crippen molar-refractivity contribution in [1.82, 2.24) is 0 Å². The minimum Gasteiger partial charge on any atom is -1.00 e. The van der Waals surface area contributed by atoms with E-state index in [0.29, 0.717) is 5.75 Å². The molecule has 3 heteroatoms. The monoisotopic (exact) mass is 162 g/mol. The van der Waals surface area contributed by atoms with Gasteiger partial charge in [0.05, 0.1) is 7.11 Å². The number of ether oxygens (including phenoxy) is 1. The van der Waals surface area contributed by atoms with Gasteiger partial charge in [-0.3, -0.25) is 0 Å². The molecular formula is C8H11NaO2. The van der Waals surface area contributed by atoms with E-state index in [2.05, 4.69) is 0 Å². The molecule has 0 saturated heterocycles. The standard InChI is InChI=1S/C8H10O2.Na.H/c1-6-4-3-5-7(10-2)8(6)9;;/h3-5,9H,1-2H3;;/q;+1;-1. The minimum atomic E-state index is 0. The molecule has 1 rings (SSSR count). The van der Waals surface area contributed by atoms with Gasteiger partial charge in [0, 0.05) is 0 Å². The van der Waals surface area contributed by atoms with Crippen molar-refractivity contribution in [3.05, 3.63) is 23.8 Å². The van der Waals surface area contributed by atoms with Crippen LogP contribution in [0.5, 0.6) is 11.5 Å². The SMILES string of the molecule is COc1cccc(C)c1O.[H-].[Na+]. The summed E-state index contributed by atoms with van der Waals surface area (Å²) in [4.78, 5) is 0. The van der Waals surface area contributed by atoms with Crippen molar-refractivity contribution in [2.75, 3.05) is 7.11 Å². The molecule has 1 N–H and O–H groups in total. The van der Waals surface area contributed by atoms with Crippen molar-refractivity contribution < 1.29 is 40.8 Å². The van der Waals surface area contributed by atoms with E-state index < -0.39 is 0 Å². The summed E-state index contributed by atoms with van der Waals surface area (Å²) in [7, 11) is 1.54. The normalized spacial score (nSPS) is 8.55. The maximum Gasteiger partial charge on any atom is 1.00 e. The average molecular weight is 162 g/mol. The number of aryl methyl sites for hydroxylation is 1. The first-order chi connectivity index (χ1) is 4.75. The van der Waals surface area contributed by atoms with E-state index >= 15 is 0 Å². The molecule has 1 aromatic carbocycles. The molecule has 0 bridgehead atoms. The van der Waals surface area contributed by atoms with Crippen molar-refractivity contribution >= 4 is 0 Å². The van der Waals surface area contributed by atoms with Gasteiger partial charge < -0.3 is 11.3 Å². The van der Waals surface area contributed by atoms with Crippen LogP contribution in [0, 0.1) is 6.92 Å². The van der Waals surface area contributed by atoms with Crippen molar-refractivity contribution in [3.63, 3.8) is 0 Å². The van der Waals surface area contributed by atoms with E-state index in [1.54, 1.807) is 6.07 Å². The van der Waals surface area contributed by atoms with E-state index in [4.69, 9.17) is 4.74 Å². The Morgan fingerprint density at radius 1 is 1.45 bits per heavy atom. The van der Waals surface area contributed by atoms with Gasteiger partial charge in [-0.25, -0.2) is 0 Å². The Kier molecular flexibility index (Phi) is 4.57. The summed E-state index contributed by atoms with van der Waals surface area (Å²) in [5.74, 6) is 0.755. The first-order valence-corrected chi connectivity index (χ1v) is 3.08. The number of hydrogen-bond acceptors (Lipinski definition) is 2. The molecule has 0 fully saturated rings. The molecule has 0 radical (unpaired) electrons. The summed E-state index contributed by atoms with van der Waals surface area (Å²) >= 11 is 0. The van der Waals surface area contributed by atoms with Crippen molar-refractivity contribution in [1.29, 1.82) is 0 Å². The second-order valence-corrected chi connectivity index (χ2v) is 2.13. The zero-order valence-electron chi connectivity index (χ0n) is 8.09. The zero-order chi connectivity index (χ0) is 7.56. The van der Waals surface area contributed by atoms with Gasteiger partial charge in [-0.05, 0) is 18.6 Å². The minimum absolute atomic E-state index is 0. The summed E-state index contributed by atoms with van der Waals surface area (Å²) in [6.07, 6.45) is 0. The first-order valence-electron chi connectivity index (χ1n) is 3.08. The molecule has 0 amide bonds. The molecule has 2 nitrogen and oxygen atoms in total. The maximum absolute atomic E-state index is 9.27. The second kappa shape index (κ2) is 4.65. The van der Waals surface area contributed by atoms with Crippen molar-refractivity contribution in [2.24, 2.45) is 0 Å². The van der Waals surface area contributed by atoms with Crippen LogP contribution in [0.2, 0.25) is 0 Å². The molecule has 1 aromatic rings. The van der Waals surface area contributed by atoms with E-state index in [0.717, 1.165) is 5.56 Å². The van der Waals surface area contributed by atoms with Gasteiger partial charge in [0.25, 0.3) is 0 Å². The van der Waals surface area contributed by atoms with E-state index in [9.17, 15) is 5.11 Å². The predicted octanol–water partition coefficient (Wildman–Crippen LogP) is -1.17. The van der Waals surface area contributed by atoms with Gasteiger partial charge in [-0.1, -0.05) is 12.1 Å². The molecule has 0 aliphatic heterocycles. The van der Waals surface area contributed by atoms with Crippen LogP contribution in [0.25, 0.3) is 0 Å². The largest absolute Gasteiger partial charge is 1.00 e. The van der Waals surface area contributed by atoms with Gasteiger partial charge in [-0.15, -0.1) is 0 Å². The quantitative estimate of drug-likeness (QED) is 0.527. The van der Waals surface area contributed by atoms with E-state index in [1.165, 1.54) is 7.11 Å². The Balaban J connectivity index is 0. The Morgan fingerprint density at radius 2 is 2.09 bits per heavy atom. The Morgan fingerprint density at radius 3 is 2.55 bits per heavy atom. The molecule has 0 unspecified atom stereocenters. The number of aromatic hydroxyl groups is 1. The van der Waals surface area contributed by atoms with Gasteiger partial charge in [0.1, 0.15) is 0 Å². The fourth-order valence-electron chi connectivity index (χ4n) is 0.797. The van der Waals surface area contributed by atoms with Crippen LogP contribution in [0.15, 0.2) is 18.2 Å². The molecule has 56 valence electrons. The van der Waals surface area contributed by atoms with Crippen LogP contribution in [0.3, 0.4) is 0 Å². The first kappa shape index (κ1) is 10.8. The number of hydrogen-bond donors (Lipinski definition) is 1. The Labute approximate surface area is 90.0 Å². The number of benzene rings is 1. The third-order valence-electron chi connectivity index (χ3n) is 1.42. The van der Waals surface area contributed by atoms with Crippen molar-refractivity contribution in [3.8, 4) is 11.5 Å². The second-order valence-electron chi connectivity index (χ2n) is 2.13. The topological polar surface area (TPSA) is 29.5 Å². The maximum atomic E-state index is 9.27. The number of phenolic OH excluding ortho intramolecular Hbond substituents is 1. The number of phenols is 1. The Hall–Kier alpha value is -0.180. The third kappa shape index (κ3) is 2.40. The molecule has 0 saturated carbocycles. The van der Waals surface area contributed by atoms with E-state index in [1.807, 2.05) is 19.1 Å². The van der Waals surface area contributed by atoms with Crippen molar-refractivity contribution in [2.45, 2.75) is 6.92 Å². The summed E-state index contributed by atoms with van der Waals surface area (Å²) in [6, 6.07) is 5.40. The van der Waals surface area contributed by atoms with Crippen LogP contribution in [0.1, 0.15) is 6.99 Å². The molecule has 0 spiro atoms. The van der Waals surface area contributed by atoms with Crippen LogP contribution in [-0.2, 0) is 0 Å². The summed E-state index contributed by atoms with van der Waals surface area (Å²) in [5, 5.41) is 9.27. The molecule has 11 heavy (non-hydrogen) atoms. The van der Waals surface area contributed by atoms with Gasteiger partial charge in [-0.2, -0.15) is 0 Å². The molecule has 0 aliphatic rings. The number of para-hydroxylation sites is 1. The number of rotatable bonds is 1. The summed E-state index contributed by atoms with van der Waals surface area (Å²) < 4.78 is 4.88. The molecule has 0 aromatic heterocycles. The fourth-order valence-corrected chi connectivity index (χ4v) is 0.797. The van der Waals surface area contributed by atoms with Gasteiger partial charge in [0.2, 0.25) is 0 Å². The Bertz CT molecular complexity index is 240. The van der Waals surface area contributed by atoms with Gasteiger partial charge in [0.15, 0.2) is 11.5 Å². The number of methoxy groups -OCH3 is 1. The van der Waals surface area contributed by atoms with Crippen LogP contribution in [0.4, 0.5) is 0 Å². The molecule has 0 aliphatic carbocycles. The molecule has 0 atom stereocenters. The average Bonchev–Trinajstić information content (AvgIpc) is 1.95. The zero-order valence-corrected chi connectivity index (χ0v) is 9.09. The van der Waals surface area contributed by atoms with E-state index in [-0.39, 0.29) is 36.7 Å². The smallest absolute Gasteiger partial charge is 1.00 e. The van der Waals surface area contributed by atoms with Gasteiger partial charge >= 0.3 is 29.6 Å². The summed E-state index contributed by atoms with van der Waals surface area (Å²) in [5.41, 5.74) is 0.833. The molecular weight excluding hydrogens is 151 g/mol. The predicted molar refractivity (Wildman–Crippen MR) is 40.5 cm³/mol. The fraction of sp³-hybridized carbons (Fsp3) is 0.250. The third-order valence-corrected chi connectivity index (χ3v) is 1.42. The van der Waals surface area contributed by atoms with Crippen LogP contribution in [-0.4, -0.2) is 12.2 Å².